The van der Waals surface area contributed by atoms with Crippen molar-refractivity contribution >= 4 is 28.5 Å². The highest BCUT2D eigenvalue weighted by Gasteiger charge is 2.36. The molecule has 11 heteroatoms. The monoisotopic (exact) mass is 459 g/mol. The Morgan fingerprint density at radius 1 is 1.25 bits per heavy atom. The second-order valence-electron chi connectivity index (χ2n) is 6.83. The highest BCUT2D eigenvalue weighted by molar-refractivity contribution is 6.30. The van der Waals surface area contributed by atoms with E-state index in [0.717, 1.165) is 16.8 Å². The second-order valence-corrected chi connectivity index (χ2v) is 7.26. The van der Waals surface area contributed by atoms with Crippen LogP contribution in [0, 0.1) is 11.3 Å². The zero-order chi connectivity index (χ0) is 23.0. The number of hydrogen-bond donors (Lipinski definition) is 2. The summed E-state index contributed by atoms with van der Waals surface area (Å²) < 4.78 is 47.1. The fourth-order valence-electron chi connectivity index (χ4n) is 3.19. The molecule has 4 rings (SSSR count). The lowest BCUT2D eigenvalue weighted by Gasteiger charge is -2.16. The van der Waals surface area contributed by atoms with Crippen molar-refractivity contribution in [3.63, 3.8) is 0 Å². The summed E-state index contributed by atoms with van der Waals surface area (Å²) in [5, 5.41) is 9.80. The molecular formula is C21H13ClF3N5O2. The number of hydrogen-bond acceptors (Lipinski definition) is 5. The molecule has 3 N–H and O–H groups in total. The van der Waals surface area contributed by atoms with E-state index in [9.17, 15) is 18.0 Å². The number of aromatic nitrogens is 3. The quantitative estimate of drug-likeness (QED) is 0.460. The predicted octanol–water partition coefficient (Wildman–Crippen LogP) is 4.69. The molecule has 0 amide bonds. The van der Waals surface area contributed by atoms with Gasteiger partial charge in [0.25, 0.3) is 5.56 Å². The van der Waals surface area contributed by atoms with Crippen molar-refractivity contribution in [1.82, 2.24) is 14.5 Å². The summed E-state index contributed by atoms with van der Waals surface area (Å²) in [5.41, 5.74) is 4.58. The fourth-order valence-corrected chi connectivity index (χ4v) is 3.42. The van der Waals surface area contributed by atoms with Crippen LogP contribution in [0.25, 0.3) is 11.0 Å². The number of alkyl halides is 3. The molecule has 0 unspecified atom stereocenters. The molecule has 0 aliphatic rings. The van der Waals surface area contributed by atoms with Crippen LogP contribution in [0.1, 0.15) is 16.7 Å². The van der Waals surface area contributed by atoms with Gasteiger partial charge in [0.1, 0.15) is 22.8 Å². The minimum Gasteiger partial charge on any atom is -0.451 e. The zero-order valence-corrected chi connectivity index (χ0v) is 16.8. The third kappa shape index (κ3) is 4.10. The first-order valence-electron chi connectivity index (χ1n) is 9.07. The van der Waals surface area contributed by atoms with Gasteiger partial charge in [-0.3, -0.25) is 4.79 Å². The minimum absolute atomic E-state index is 0.0437. The van der Waals surface area contributed by atoms with Gasteiger partial charge in [-0.25, -0.2) is 4.98 Å². The Balaban J connectivity index is 1.80. The average Bonchev–Trinajstić information content (AvgIpc) is 3.11. The number of nitrogens with two attached hydrogens (primary N) is 1. The standard InChI is InChI=1S/C21H13ClF3N5O2/c22-13-5-11(8-26)6-14(7-13)32-18-16(21(23,24)25)3-4-30(20(18)31)10-12-9-28-19-15(12)1-2-17(27)29-19/h1-7,9H,10H2,(H3,27,28,29). The van der Waals surface area contributed by atoms with Crippen LogP contribution in [0.3, 0.4) is 0 Å². The smallest absolute Gasteiger partial charge is 0.420 e. The van der Waals surface area contributed by atoms with Crippen molar-refractivity contribution in [2.75, 3.05) is 5.73 Å². The van der Waals surface area contributed by atoms with Crippen LogP contribution in [-0.2, 0) is 12.7 Å². The van der Waals surface area contributed by atoms with E-state index in [1.54, 1.807) is 18.3 Å². The number of fused-ring (bicyclic) bond motifs is 1. The topological polar surface area (TPSA) is 110 Å². The number of nitrogens with one attached hydrogen (secondary N) is 1. The maximum Gasteiger partial charge on any atom is 0.420 e. The Morgan fingerprint density at radius 3 is 2.75 bits per heavy atom. The third-order valence-electron chi connectivity index (χ3n) is 4.63. The molecule has 0 saturated heterocycles. The molecule has 0 aliphatic carbocycles. The molecule has 4 aromatic rings. The predicted molar refractivity (Wildman–Crippen MR) is 112 cm³/mol. The lowest BCUT2D eigenvalue weighted by atomic mass is 10.2. The number of anilines is 1. The molecule has 7 nitrogen and oxygen atoms in total. The van der Waals surface area contributed by atoms with Crippen molar-refractivity contribution in [1.29, 1.82) is 5.26 Å². The normalized spacial score (nSPS) is 11.5. The van der Waals surface area contributed by atoms with E-state index in [2.05, 4.69) is 9.97 Å². The van der Waals surface area contributed by atoms with E-state index in [1.165, 1.54) is 18.2 Å². The molecule has 32 heavy (non-hydrogen) atoms. The molecule has 0 atom stereocenters. The summed E-state index contributed by atoms with van der Waals surface area (Å²) in [7, 11) is 0. The van der Waals surface area contributed by atoms with Crippen LogP contribution in [0.4, 0.5) is 19.0 Å². The summed E-state index contributed by atoms with van der Waals surface area (Å²) in [4.78, 5) is 20.0. The second kappa shape index (κ2) is 7.94. The van der Waals surface area contributed by atoms with Gasteiger partial charge in [0.15, 0.2) is 0 Å². The van der Waals surface area contributed by atoms with Crippen molar-refractivity contribution in [2.24, 2.45) is 0 Å². The zero-order valence-electron chi connectivity index (χ0n) is 16.1. The van der Waals surface area contributed by atoms with Crippen LogP contribution in [-0.4, -0.2) is 14.5 Å². The first-order valence-corrected chi connectivity index (χ1v) is 9.45. The first-order chi connectivity index (χ1) is 15.2. The third-order valence-corrected chi connectivity index (χ3v) is 4.85. The Labute approximate surface area is 183 Å². The minimum atomic E-state index is -4.84. The molecule has 0 aliphatic heterocycles. The largest absolute Gasteiger partial charge is 0.451 e. The molecular weight excluding hydrogens is 447 g/mol. The van der Waals surface area contributed by atoms with Crippen LogP contribution in [0.2, 0.25) is 5.02 Å². The molecule has 1 aromatic carbocycles. The average molecular weight is 460 g/mol. The van der Waals surface area contributed by atoms with Gasteiger partial charge in [-0.1, -0.05) is 11.6 Å². The van der Waals surface area contributed by atoms with Crippen LogP contribution in [0.15, 0.2) is 53.6 Å². The highest BCUT2D eigenvalue weighted by atomic mass is 35.5. The molecule has 3 heterocycles. The van der Waals surface area contributed by atoms with E-state index < -0.39 is 23.0 Å². The first kappa shape index (κ1) is 21.3. The van der Waals surface area contributed by atoms with E-state index >= 15 is 0 Å². The van der Waals surface area contributed by atoms with Crippen molar-refractivity contribution < 1.29 is 17.9 Å². The lowest BCUT2D eigenvalue weighted by molar-refractivity contribution is -0.138. The Kier molecular flexibility index (Phi) is 5.28. The Bertz CT molecular complexity index is 1440. The number of nitrogen functional groups attached to an aromatic ring is 1. The summed E-state index contributed by atoms with van der Waals surface area (Å²) in [6.45, 7) is -0.0437. The number of H-pyrrole nitrogens is 1. The molecule has 0 saturated carbocycles. The summed E-state index contributed by atoms with van der Waals surface area (Å²) in [5.74, 6) is -0.791. The maximum absolute atomic E-state index is 13.6. The summed E-state index contributed by atoms with van der Waals surface area (Å²) in [6.07, 6.45) is -2.20. The molecule has 0 radical (unpaired) electrons. The van der Waals surface area contributed by atoms with E-state index in [0.29, 0.717) is 22.4 Å². The van der Waals surface area contributed by atoms with Crippen molar-refractivity contribution in [3.05, 3.63) is 80.9 Å². The number of rotatable bonds is 4. The number of nitrogens with zero attached hydrogens (tertiary/aromatic N) is 3. The fraction of sp³-hybridized carbons (Fsp3) is 0.0952. The number of benzene rings is 1. The Morgan fingerprint density at radius 2 is 2.03 bits per heavy atom. The molecule has 0 fully saturated rings. The van der Waals surface area contributed by atoms with Crippen LogP contribution >= 0.6 is 11.6 Å². The van der Waals surface area contributed by atoms with Gasteiger partial charge >= 0.3 is 6.18 Å². The highest BCUT2D eigenvalue weighted by Crippen LogP contribution is 2.36. The van der Waals surface area contributed by atoms with Gasteiger partial charge in [0.2, 0.25) is 5.75 Å². The number of aromatic amines is 1. The van der Waals surface area contributed by atoms with Crippen LogP contribution in [0.5, 0.6) is 11.5 Å². The number of ether oxygens (including phenoxy) is 1. The van der Waals surface area contributed by atoms with E-state index in [-0.39, 0.29) is 22.9 Å². The van der Waals surface area contributed by atoms with Gasteiger partial charge in [-0.05, 0) is 42.0 Å². The van der Waals surface area contributed by atoms with Crippen LogP contribution < -0.4 is 16.0 Å². The molecule has 3 aromatic heterocycles. The number of pyridine rings is 2. The molecule has 0 bridgehead atoms. The van der Waals surface area contributed by atoms with Crippen molar-refractivity contribution in [3.8, 4) is 17.6 Å². The van der Waals surface area contributed by atoms with Gasteiger partial charge in [-0.15, -0.1) is 0 Å². The van der Waals surface area contributed by atoms with E-state index in [1.807, 2.05) is 6.07 Å². The summed E-state index contributed by atoms with van der Waals surface area (Å²) in [6, 6.07) is 9.60. The van der Waals surface area contributed by atoms with Gasteiger partial charge in [0.05, 0.1) is 18.2 Å². The number of halogens is 4. The number of nitriles is 1. The summed E-state index contributed by atoms with van der Waals surface area (Å²) >= 11 is 5.90. The van der Waals surface area contributed by atoms with Gasteiger partial charge in [0, 0.05) is 22.8 Å². The molecule has 0 spiro atoms. The van der Waals surface area contributed by atoms with Crippen molar-refractivity contribution in [2.45, 2.75) is 12.7 Å². The lowest BCUT2D eigenvalue weighted by Crippen LogP contribution is -2.25. The molecule has 162 valence electrons. The maximum atomic E-state index is 13.6. The van der Waals surface area contributed by atoms with E-state index in [4.69, 9.17) is 27.3 Å². The van der Waals surface area contributed by atoms with Gasteiger partial charge in [-0.2, -0.15) is 18.4 Å². The SMILES string of the molecule is N#Cc1cc(Cl)cc(Oc2c(C(F)(F)F)ccn(Cc3c[nH]c4nc(N)ccc34)c2=O)c1. The van der Waals surface area contributed by atoms with Gasteiger partial charge < -0.3 is 20.0 Å². The Hall–Kier alpha value is -3.97.